The Bertz CT molecular complexity index is 857. The standard InChI is InChI=1S/C18H16Cl2FNO4/c1-9-6-15(16(25-3)8-13(9)20)22-17(23)10(2)26-18(24)12-5-4-11(19)7-14(12)21/h4-8,10H,1-3H3,(H,22,23)/t10-/m1/s1. The molecule has 0 unspecified atom stereocenters. The summed E-state index contributed by atoms with van der Waals surface area (Å²) in [4.78, 5) is 24.3. The number of methoxy groups -OCH3 is 1. The summed E-state index contributed by atoms with van der Waals surface area (Å²) in [5.74, 6) is -2.05. The van der Waals surface area contributed by atoms with Gasteiger partial charge in [0.15, 0.2) is 6.10 Å². The summed E-state index contributed by atoms with van der Waals surface area (Å²) < 4.78 is 24.0. The summed E-state index contributed by atoms with van der Waals surface area (Å²) in [7, 11) is 1.43. The second-order valence-corrected chi connectivity index (χ2v) is 6.31. The summed E-state index contributed by atoms with van der Waals surface area (Å²) >= 11 is 11.7. The maximum atomic E-state index is 13.8. The molecule has 0 aromatic heterocycles. The lowest BCUT2D eigenvalue weighted by Gasteiger charge is -2.16. The number of anilines is 1. The summed E-state index contributed by atoms with van der Waals surface area (Å²) in [6.07, 6.45) is -1.17. The van der Waals surface area contributed by atoms with Crippen molar-refractivity contribution in [2.75, 3.05) is 12.4 Å². The van der Waals surface area contributed by atoms with Gasteiger partial charge in [0.05, 0.1) is 18.4 Å². The number of aryl methyl sites for hydroxylation is 1. The quantitative estimate of drug-likeness (QED) is 0.744. The van der Waals surface area contributed by atoms with Crippen LogP contribution in [-0.2, 0) is 9.53 Å². The van der Waals surface area contributed by atoms with Crippen molar-refractivity contribution in [3.8, 4) is 5.75 Å². The third-order valence-electron chi connectivity index (χ3n) is 3.54. The van der Waals surface area contributed by atoms with Gasteiger partial charge in [-0.25, -0.2) is 9.18 Å². The van der Waals surface area contributed by atoms with Gasteiger partial charge in [-0.1, -0.05) is 23.2 Å². The molecule has 0 aliphatic heterocycles. The van der Waals surface area contributed by atoms with Crippen LogP contribution >= 0.6 is 23.2 Å². The molecule has 0 saturated carbocycles. The number of hydrogen-bond donors (Lipinski definition) is 1. The first-order valence-corrected chi connectivity index (χ1v) is 8.29. The molecule has 2 rings (SSSR count). The van der Waals surface area contributed by atoms with Crippen LogP contribution in [-0.4, -0.2) is 25.1 Å². The molecule has 0 spiro atoms. The number of benzene rings is 2. The van der Waals surface area contributed by atoms with Crippen LogP contribution in [0.5, 0.6) is 5.75 Å². The van der Waals surface area contributed by atoms with Crippen LogP contribution in [0.25, 0.3) is 0 Å². The van der Waals surface area contributed by atoms with Gasteiger partial charge in [0, 0.05) is 16.1 Å². The van der Waals surface area contributed by atoms with Crippen molar-refractivity contribution in [1.82, 2.24) is 0 Å². The van der Waals surface area contributed by atoms with Gasteiger partial charge in [0.25, 0.3) is 5.91 Å². The van der Waals surface area contributed by atoms with Gasteiger partial charge in [-0.3, -0.25) is 4.79 Å². The van der Waals surface area contributed by atoms with Crippen LogP contribution in [0.2, 0.25) is 10.0 Å². The molecule has 0 aliphatic carbocycles. The van der Waals surface area contributed by atoms with Gasteiger partial charge in [-0.15, -0.1) is 0 Å². The van der Waals surface area contributed by atoms with E-state index in [2.05, 4.69) is 5.32 Å². The van der Waals surface area contributed by atoms with Crippen molar-refractivity contribution in [2.24, 2.45) is 0 Å². The number of nitrogens with one attached hydrogen (secondary N) is 1. The fourth-order valence-electron chi connectivity index (χ4n) is 2.10. The zero-order valence-corrected chi connectivity index (χ0v) is 15.7. The lowest BCUT2D eigenvalue weighted by atomic mass is 10.2. The fraction of sp³-hybridized carbons (Fsp3) is 0.222. The Balaban J connectivity index is 2.10. The smallest absolute Gasteiger partial charge is 0.341 e. The van der Waals surface area contributed by atoms with Crippen molar-refractivity contribution in [3.05, 3.63) is 57.3 Å². The molecule has 5 nitrogen and oxygen atoms in total. The largest absolute Gasteiger partial charge is 0.495 e. The molecular formula is C18H16Cl2FNO4. The second-order valence-electron chi connectivity index (χ2n) is 5.46. The van der Waals surface area contributed by atoms with E-state index in [0.29, 0.717) is 16.5 Å². The molecule has 2 aromatic carbocycles. The SMILES string of the molecule is COc1cc(Cl)c(C)cc1NC(=O)[C@@H](C)OC(=O)c1ccc(Cl)cc1F. The highest BCUT2D eigenvalue weighted by Gasteiger charge is 2.22. The average Bonchev–Trinajstić information content (AvgIpc) is 2.57. The zero-order valence-electron chi connectivity index (χ0n) is 14.2. The second kappa shape index (κ2) is 8.38. The van der Waals surface area contributed by atoms with E-state index >= 15 is 0 Å². The van der Waals surface area contributed by atoms with Crippen molar-refractivity contribution in [1.29, 1.82) is 0 Å². The molecule has 1 amide bonds. The Hall–Kier alpha value is -2.31. The van der Waals surface area contributed by atoms with E-state index in [9.17, 15) is 14.0 Å². The van der Waals surface area contributed by atoms with Gasteiger partial charge in [-0.05, 0) is 43.7 Å². The maximum absolute atomic E-state index is 13.8. The first kappa shape index (κ1) is 20.0. The van der Waals surface area contributed by atoms with Crippen molar-refractivity contribution >= 4 is 40.8 Å². The van der Waals surface area contributed by atoms with Gasteiger partial charge < -0.3 is 14.8 Å². The Morgan fingerprint density at radius 2 is 1.88 bits per heavy atom. The van der Waals surface area contributed by atoms with E-state index in [1.54, 1.807) is 19.1 Å². The highest BCUT2D eigenvalue weighted by Crippen LogP contribution is 2.31. The number of amides is 1. The minimum Gasteiger partial charge on any atom is -0.495 e. The number of halogens is 3. The van der Waals surface area contributed by atoms with Crippen molar-refractivity contribution < 1.29 is 23.5 Å². The third-order valence-corrected chi connectivity index (χ3v) is 4.19. The normalized spacial score (nSPS) is 11.6. The van der Waals surface area contributed by atoms with Gasteiger partial charge in [-0.2, -0.15) is 0 Å². The van der Waals surface area contributed by atoms with Crippen LogP contribution in [0.3, 0.4) is 0 Å². The van der Waals surface area contributed by atoms with E-state index in [1.165, 1.54) is 26.2 Å². The highest BCUT2D eigenvalue weighted by atomic mass is 35.5. The van der Waals surface area contributed by atoms with Crippen molar-refractivity contribution in [2.45, 2.75) is 20.0 Å². The van der Waals surface area contributed by atoms with E-state index in [4.69, 9.17) is 32.7 Å². The lowest BCUT2D eigenvalue weighted by molar-refractivity contribution is -0.123. The lowest BCUT2D eigenvalue weighted by Crippen LogP contribution is -2.30. The molecule has 0 radical (unpaired) electrons. The van der Waals surface area contributed by atoms with Gasteiger partial charge in [0.1, 0.15) is 11.6 Å². The Labute approximate surface area is 160 Å². The Morgan fingerprint density at radius 1 is 1.19 bits per heavy atom. The number of hydrogen-bond acceptors (Lipinski definition) is 4. The molecule has 8 heteroatoms. The predicted molar refractivity (Wildman–Crippen MR) is 97.7 cm³/mol. The third kappa shape index (κ3) is 4.65. The number of carbonyl (C=O) groups excluding carboxylic acids is 2. The van der Waals surface area contributed by atoms with Crippen LogP contribution < -0.4 is 10.1 Å². The van der Waals surface area contributed by atoms with Crippen LogP contribution in [0.1, 0.15) is 22.8 Å². The molecule has 2 aromatic rings. The molecule has 0 bridgehead atoms. The highest BCUT2D eigenvalue weighted by molar-refractivity contribution is 6.31. The summed E-state index contributed by atoms with van der Waals surface area (Å²) in [5.41, 5.74) is 0.796. The molecule has 1 N–H and O–H groups in total. The minimum absolute atomic E-state index is 0.148. The van der Waals surface area contributed by atoms with Crippen LogP contribution in [0.15, 0.2) is 30.3 Å². The van der Waals surface area contributed by atoms with Crippen LogP contribution in [0.4, 0.5) is 10.1 Å². The summed E-state index contributed by atoms with van der Waals surface area (Å²) in [5, 5.41) is 3.23. The Morgan fingerprint density at radius 3 is 2.50 bits per heavy atom. The summed E-state index contributed by atoms with van der Waals surface area (Å²) in [6.45, 7) is 3.14. The zero-order chi connectivity index (χ0) is 19.4. The molecule has 0 saturated heterocycles. The monoisotopic (exact) mass is 399 g/mol. The van der Waals surface area contributed by atoms with E-state index in [-0.39, 0.29) is 10.6 Å². The van der Waals surface area contributed by atoms with Crippen LogP contribution in [0, 0.1) is 12.7 Å². The van der Waals surface area contributed by atoms with Gasteiger partial charge in [0.2, 0.25) is 0 Å². The van der Waals surface area contributed by atoms with Crippen molar-refractivity contribution in [3.63, 3.8) is 0 Å². The molecular weight excluding hydrogens is 384 g/mol. The van der Waals surface area contributed by atoms with E-state index < -0.39 is 23.8 Å². The number of esters is 1. The molecule has 138 valence electrons. The van der Waals surface area contributed by atoms with E-state index in [1.807, 2.05) is 0 Å². The minimum atomic E-state index is -1.17. The molecule has 0 heterocycles. The number of carbonyl (C=O) groups is 2. The van der Waals surface area contributed by atoms with Gasteiger partial charge >= 0.3 is 5.97 Å². The first-order chi connectivity index (χ1) is 12.2. The number of rotatable bonds is 5. The maximum Gasteiger partial charge on any atom is 0.341 e. The molecule has 0 aliphatic rings. The molecule has 26 heavy (non-hydrogen) atoms. The summed E-state index contributed by atoms with van der Waals surface area (Å²) in [6, 6.07) is 6.73. The number of ether oxygens (including phenoxy) is 2. The first-order valence-electron chi connectivity index (χ1n) is 7.54. The predicted octanol–water partition coefficient (Wildman–Crippen LogP) is 4.63. The molecule has 1 atom stereocenters. The molecule has 0 fully saturated rings. The Kier molecular flexibility index (Phi) is 6.45. The fourth-order valence-corrected chi connectivity index (χ4v) is 2.41. The van der Waals surface area contributed by atoms with E-state index in [0.717, 1.165) is 11.6 Å². The topological polar surface area (TPSA) is 64.6 Å². The average molecular weight is 400 g/mol.